The van der Waals surface area contributed by atoms with Gasteiger partial charge < -0.3 is 9.80 Å². The van der Waals surface area contributed by atoms with E-state index in [-0.39, 0.29) is 5.91 Å². The fraction of sp³-hybridized carbons (Fsp3) is 0.370. The van der Waals surface area contributed by atoms with Gasteiger partial charge >= 0.3 is 0 Å². The summed E-state index contributed by atoms with van der Waals surface area (Å²) in [6.07, 6.45) is 3.13. The average molecular weight is 429 g/mol. The molecule has 2 heterocycles. The molecule has 0 aliphatic carbocycles. The van der Waals surface area contributed by atoms with E-state index in [0.29, 0.717) is 6.42 Å². The molecule has 4 rings (SSSR count). The molecule has 1 aromatic heterocycles. The fourth-order valence-electron chi connectivity index (χ4n) is 4.42. The van der Waals surface area contributed by atoms with Crippen LogP contribution in [0.4, 0.5) is 5.82 Å². The van der Waals surface area contributed by atoms with E-state index in [9.17, 15) is 4.79 Å². The number of benzene rings is 2. The highest BCUT2D eigenvalue weighted by molar-refractivity contribution is 5.76. The Labute approximate surface area is 191 Å². The Morgan fingerprint density at radius 3 is 2.25 bits per heavy atom. The summed E-state index contributed by atoms with van der Waals surface area (Å²) in [5.74, 6) is 2.07. The maximum Gasteiger partial charge on any atom is 0.222 e. The van der Waals surface area contributed by atoms with Gasteiger partial charge in [-0.05, 0) is 37.8 Å². The highest BCUT2D eigenvalue weighted by atomic mass is 16.2. The van der Waals surface area contributed by atoms with Gasteiger partial charge in [-0.25, -0.2) is 9.97 Å². The molecule has 0 spiro atoms. The van der Waals surface area contributed by atoms with Gasteiger partial charge in [0, 0.05) is 50.3 Å². The first kappa shape index (κ1) is 22.0. The second kappa shape index (κ2) is 10.4. The minimum atomic E-state index is 0.246. The van der Waals surface area contributed by atoms with Crippen molar-refractivity contribution in [3.8, 4) is 0 Å². The Morgan fingerprint density at radius 2 is 1.53 bits per heavy atom. The Kier molecular flexibility index (Phi) is 7.15. The molecule has 2 aromatic carbocycles. The summed E-state index contributed by atoms with van der Waals surface area (Å²) in [6, 6.07) is 20.7. The van der Waals surface area contributed by atoms with Crippen LogP contribution < -0.4 is 4.90 Å². The zero-order valence-corrected chi connectivity index (χ0v) is 19.1. The molecule has 1 aliphatic rings. The molecule has 32 heavy (non-hydrogen) atoms. The van der Waals surface area contributed by atoms with Gasteiger partial charge in [-0.1, -0.05) is 60.7 Å². The maximum absolute atomic E-state index is 12.9. The monoisotopic (exact) mass is 428 g/mol. The summed E-state index contributed by atoms with van der Waals surface area (Å²) < 4.78 is 0. The van der Waals surface area contributed by atoms with Gasteiger partial charge in [0.2, 0.25) is 5.91 Å². The topological polar surface area (TPSA) is 49.3 Å². The molecule has 0 atom stereocenters. The van der Waals surface area contributed by atoms with Crippen LogP contribution in [0, 0.1) is 13.8 Å². The van der Waals surface area contributed by atoms with Crippen molar-refractivity contribution in [2.75, 3.05) is 31.1 Å². The third kappa shape index (κ3) is 5.52. The van der Waals surface area contributed by atoms with Gasteiger partial charge in [-0.2, -0.15) is 0 Å². The van der Waals surface area contributed by atoms with Crippen molar-refractivity contribution in [2.24, 2.45) is 0 Å². The molecule has 0 bridgehead atoms. The third-order valence-corrected chi connectivity index (χ3v) is 6.15. The van der Waals surface area contributed by atoms with Crippen LogP contribution in [0.15, 0.2) is 60.7 Å². The molecule has 1 amide bonds. The standard InChI is InChI=1S/C27H32N4O/c1-21-25(20-24-12-7-4-8-13-24)27(29-22(2)28-21)31-17-9-16-30(18-19-31)26(32)15-14-23-10-5-3-6-11-23/h3-8,10-13H,9,14-20H2,1-2H3. The lowest BCUT2D eigenvalue weighted by atomic mass is 10.0. The summed E-state index contributed by atoms with van der Waals surface area (Å²) in [7, 11) is 0. The Morgan fingerprint density at radius 1 is 0.844 bits per heavy atom. The number of carbonyl (C=O) groups excluding carboxylic acids is 1. The number of hydrogen-bond donors (Lipinski definition) is 0. The van der Waals surface area contributed by atoms with Gasteiger partial charge in [-0.3, -0.25) is 4.79 Å². The molecule has 1 aliphatic heterocycles. The van der Waals surface area contributed by atoms with Crippen LogP contribution in [-0.2, 0) is 17.6 Å². The number of anilines is 1. The van der Waals surface area contributed by atoms with E-state index < -0.39 is 0 Å². The lowest BCUT2D eigenvalue weighted by Gasteiger charge is -2.26. The maximum atomic E-state index is 12.9. The third-order valence-electron chi connectivity index (χ3n) is 6.15. The number of amides is 1. The molecular formula is C27H32N4O. The molecule has 0 saturated carbocycles. The van der Waals surface area contributed by atoms with E-state index in [1.807, 2.05) is 36.1 Å². The van der Waals surface area contributed by atoms with E-state index in [4.69, 9.17) is 4.98 Å². The Hall–Kier alpha value is -3.21. The summed E-state index contributed by atoms with van der Waals surface area (Å²) in [5, 5.41) is 0. The van der Waals surface area contributed by atoms with Crippen molar-refractivity contribution in [3.63, 3.8) is 0 Å². The molecule has 0 radical (unpaired) electrons. The Balaban J connectivity index is 1.45. The van der Waals surface area contributed by atoms with Crippen LogP contribution in [0.3, 0.4) is 0 Å². The number of rotatable bonds is 6. The van der Waals surface area contributed by atoms with Crippen LogP contribution in [-0.4, -0.2) is 47.0 Å². The van der Waals surface area contributed by atoms with E-state index in [1.54, 1.807) is 0 Å². The van der Waals surface area contributed by atoms with E-state index in [2.05, 4.69) is 53.2 Å². The van der Waals surface area contributed by atoms with Gasteiger partial charge in [0.05, 0.1) is 0 Å². The van der Waals surface area contributed by atoms with Gasteiger partial charge in [0.15, 0.2) is 0 Å². The highest BCUT2D eigenvalue weighted by Crippen LogP contribution is 2.25. The van der Waals surface area contributed by atoms with E-state index in [1.165, 1.54) is 16.7 Å². The van der Waals surface area contributed by atoms with Gasteiger partial charge in [0.25, 0.3) is 0 Å². The first-order valence-corrected chi connectivity index (χ1v) is 11.5. The molecule has 1 saturated heterocycles. The first-order chi connectivity index (χ1) is 15.6. The SMILES string of the molecule is Cc1nc(C)c(Cc2ccccc2)c(N2CCCN(C(=O)CCc3ccccc3)CC2)n1. The lowest BCUT2D eigenvalue weighted by Crippen LogP contribution is -2.36. The number of hydrogen-bond acceptors (Lipinski definition) is 4. The van der Waals surface area contributed by atoms with Crippen LogP contribution in [0.1, 0.15) is 41.1 Å². The molecule has 5 heteroatoms. The molecule has 0 N–H and O–H groups in total. The number of nitrogens with zero attached hydrogens (tertiary/aromatic N) is 4. The largest absolute Gasteiger partial charge is 0.354 e. The van der Waals surface area contributed by atoms with Crippen molar-refractivity contribution in [1.29, 1.82) is 0 Å². The zero-order valence-electron chi connectivity index (χ0n) is 19.1. The summed E-state index contributed by atoms with van der Waals surface area (Å²) in [6.45, 7) is 7.28. The van der Waals surface area contributed by atoms with Crippen LogP contribution >= 0.6 is 0 Å². The molecule has 5 nitrogen and oxygen atoms in total. The second-order valence-electron chi connectivity index (χ2n) is 8.53. The number of carbonyl (C=O) groups is 1. The van der Waals surface area contributed by atoms with Crippen molar-refractivity contribution in [1.82, 2.24) is 14.9 Å². The highest BCUT2D eigenvalue weighted by Gasteiger charge is 2.23. The zero-order chi connectivity index (χ0) is 22.3. The van der Waals surface area contributed by atoms with Crippen molar-refractivity contribution in [2.45, 2.75) is 39.5 Å². The minimum Gasteiger partial charge on any atom is -0.354 e. The van der Waals surface area contributed by atoms with Crippen LogP contribution in [0.5, 0.6) is 0 Å². The van der Waals surface area contributed by atoms with Crippen LogP contribution in [0.25, 0.3) is 0 Å². The van der Waals surface area contributed by atoms with Gasteiger partial charge in [-0.15, -0.1) is 0 Å². The normalized spacial score (nSPS) is 14.3. The van der Waals surface area contributed by atoms with Crippen LogP contribution in [0.2, 0.25) is 0 Å². The van der Waals surface area contributed by atoms with Crippen molar-refractivity contribution >= 4 is 11.7 Å². The van der Waals surface area contributed by atoms with E-state index in [0.717, 1.165) is 62.8 Å². The Bertz CT molecular complexity index is 1040. The smallest absolute Gasteiger partial charge is 0.222 e. The van der Waals surface area contributed by atoms with E-state index >= 15 is 0 Å². The predicted molar refractivity (Wildman–Crippen MR) is 129 cm³/mol. The molecule has 3 aromatic rings. The van der Waals surface area contributed by atoms with Gasteiger partial charge in [0.1, 0.15) is 11.6 Å². The summed E-state index contributed by atoms with van der Waals surface area (Å²) >= 11 is 0. The second-order valence-corrected chi connectivity index (χ2v) is 8.53. The number of aryl methyl sites for hydroxylation is 3. The quantitative estimate of drug-likeness (QED) is 0.586. The number of aromatic nitrogens is 2. The minimum absolute atomic E-state index is 0.246. The van der Waals surface area contributed by atoms with Crippen molar-refractivity contribution < 1.29 is 4.79 Å². The molecular weight excluding hydrogens is 396 g/mol. The van der Waals surface area contributed by atoms with Crippen molar-refractivity contribution in [3.05, 3.63) is 88.9 Å². The molecule has 0 unspecified atom stereocenters. The first-order valence-electron chi connectivity index (χ1n) is 11.5. The lowest BCUT2D eigenvalue weighted by molar-refractivity contribution is -0.130. The summed E-state index contributed by atoms with van der Waals surface area (Å²) in [4.78, 5) is 26.7. The molecule has 166 valence electrons. The predicted octanol–water partition coefficient (Wildman–Crippen LogP) is 4.36. The fourth-order valence-corrected chi connectivity index (χ4v) is 4.42. The summed E-state index contributed by atoms with van der Waals surface area (Å²) in [5.41, 5.74) is 4.70. The molecule has 1 fully saturated rings. The average Bonchev–Trinajstić information content (AvgIpc) is 3.07.